The first-order valence-corrected chi connectivity index (χ1v) is 6.75. The van der Waals surface area contributed by atoms with Crippen molar-refractivity contribution in [3.63, 3.8) is 0 Å². The molecule has 1 N–H and O–H groups in total. The van der Waals surface area contributed by atoms with Gasteiger partial charge in [0.05, 0.1) is 7.11 Å². The minimum Gasteiger partial charge on any atom is -0.497 e. The summed E-state index contributed by atoms with van der Waals surface area (Å²) in [5, 5.41) is 3.32. The summed E-state index contributed by atoms with van der Waals surface area (Å²) in [7, 11) is 7.20. The summed E-state index contributed by atoms with van der Waals surface area (Å²) in [6.45, 7) is 2.41. The predicted molar refractivity (Wildman–Crippen MR) is 97.7 cm³/mol. The second-order valence-corrected chi connectivity index (χ2v) is 4.52. The highest BCUT2D eigenvalue weighted by atomic mass is 127. The Balaban J connectivity index is 0.00000400. The van der Waals surface area contributed by atoms with Gasteiger partial charge in [0.1, 0.15) is 5.75 Å². The van der Waals surface area contributed by atoms with Crippen LogP contribution in [0.4, 0.5) is 0 Å². The van der Waals surface area contributed by atoms with Crippen LogP contribution in [0.15, 0.2) is 29.3 Å². The van der Waals surface area contributed by atoms with E-state index in [9.17, 15) is 0 Å². The zero-order valence-corrected chi connectivity index (χ0v) is 15.6. The van der Waals surface area contributed by atoms with E-state index in [2.05, 4.69) is 27.3 Å². The second-order valence-electron chi connectivity index (χ2n) is 4.52. The molecule has 0 amide bonds. The van der Waals surface area contributed by atoms with Gasteiger partial charge in [-0.25, -0.2) is 0 Å². The van der Waals surface area contributed by atoms with Crippen LogP contribution < -0.4 is 10.1 Å². The second kappa shape index (κ2) is 11.6. The summed E-state index contributed by atoms with van der Waals surface area (Å²) in [4.78, 5) is 6.37. The monoisotopic (exact) mass is 407 g/mol. The normalized spacial score (nSPS) is 10.8. The van der Waals surface area contributed by atoms with E-state index >= 15 is 0 Å². The number of benzene rings is 1. The molecule has 0 aliphatic rings. The van der Waals surface area contributed by atoms with Crippen LogP contribution in [0.3, 0.4) is 0 Å². The highest BCUT2D eigenvalue weighted by Gasteiger charge is 2.06. The Labute approximate surface area is 144 Å². The Morgan fingerprint density at radius 3 is 2.43 bits per heavy atom. The number of ether oxygens (including phenoxy) is 2. The minimum atomic E-state index is 0. The van der Waals surface area contributed by atoms with Crippen LogP contribution in [0.1, 0.15) is 12.0 Å². The van der Waals surface area contributed by atoms with Crippen LogP contribution >= 0.6 is 24.0 Å². The average molecular weight is 407 g/mol. The van der Waals surface area contributed by atoms with Crippen molar-refractivity contribution in [3.8, 4) is 5.75 Å². The lowest BCUT2D eigenvalue weighted by molar-refractivity contribution is 0.195. The Kier molecular flexibility index (Phi) is 11.1. The predicted octanol–water partition coefficient (Wildman–Crippen LogP) is 2.36. The molecule has 0 radical (unpaired) electrons. The van der Waals surface area contributed by atoms with Gasteiger partial charge in [0, 0.05) is 40.9 Å². The van der Waals surface area contributed by atoms with E-state index in [1.807, 2.05) is 19.2 Å². The van der Waals surface area contributed by atoms with E-state index in [0.717, 1.165) is 37.8 Å². The zero-order chi connectivity index (χ0) is 14.8. The lowest BCUT2D eigenvalue weighted by Gasteiger charge is -2.22. The van der Waals surface area contributed by atoms with Gasteiger partial charge in [-0.15, -0.1) is 24.0 Å². The van der Waals surface area contributed by atoms with Gasteiger partial charge in [0.2, 0.25) is 0 Å². The maximum absolute atomic E-state index is 5.16. The molecule has 0 fully saturated rings. The number of guanidine groups is 1. The number of methoxy groups -OCH3 is 2. The number of rotatable bonds is 7. The van der Waals surface area contributed by atoms with E-state index in [4.69, 9.17) is 9.47 Å². The Hall–Kier alpha value is -1.02. The van der Waals surface area contributed by atoms with Crippen LogP contribution in [-0.4, -0.2) is 52.3 Å². The maximum atomic E-state index is 5.16. The molecule has 0 atom stereocenters. The summed E-state index contributed by atoms with van der Waals surface area (Å²) in [6.07, 6.45) is 0.964. The Morgan fingerprint density at radius 1 is 1.24 bits per heavy atom. The lowest BCUT2D eigenvalue weighted by atomic mass is 10.2. The van der Waals surface area contributed by atoms with E-state index in [1.54, 1.807) is 21.3 Å². The number of nitrogens with one attached hydrogen (secondary N) is 1. The molecule has 21 heavy (non-hydrogen) atoms. The van der Waals surface area contributed by atoms with Crippen molar-refractivity contribution in [2.75, 3.05) is 41.5 Å². The summed E-state index contributed by atoms with van der Waals surface area (Å²) in [5.74, 6) is 1.76. The maximum Gasteiger partial charge on any atom is 0.193 e. The van der Waals surface area contributed by atoms with Gasteiger partial charge in [-0.05, 0) is 24.1 Å². The molecule has 1 aromatic rings. The zero-order valence-electron chi connectivity index (χ0n) is 13.3. The molecule has 0 spiro atoms. The topological polar surface area (TPSA) is 46.1 Å². The standard InChI is InChI=1S/C15H25N3O2.HI/c1-16-15(17-10-5-11-19-3)18(2)12-13-6-8-14(20-4)9-7-13;/h6-9H,5,10-12H2,1-4H3,(H,16,17);1H. The number of hydrogen-bond donors (Lipinski definition) is 1. The fraction of sp³-hybridized carbons (Fsp3) is 0.533. The van der Waals surface area contributed by atoms with Gasteiger partial charge in [0.15, 0.2) is 5.96 Å². The van der Waals surface area contributed by atoms with Gasteiger partial charge in [-0.1, -0.05) is 12.1 Å². The van der Waals surface area contributed by atoms with Gasteiger partial charge >= 0.3 is 0 Å². The molecule has 120 valence electrons. The number of nitrogens with zero attached hydrogens (tertiary/aromatic N) is 2. The fourth-order valence-corrected chi connectivity index (χ4v) is 1.88. The third-order valence-electron chi connectivity index (χ3n) is 2.96. The van der Waals surface area contributed by atoms with E-state index in [-0.39, 0.29) is 24.0 Å². The number of hydrogen-bond acceptors (Lipinski definition) is 3. The van der Waals surface area contributed by atoms with Gasteiger partial charge in [-0.3, -0.25) is 4.99 Å². The van der Waals surface area contributed by atoms with Crippen molar-refractivity contribution >= 4 is 29.9 Å². The van der Waals surface area contributed by atoms with Crippen LogP contribution in [0.5, 0.6) is 5.75 Å². The lowest BCUT2D eigenvalue weighted by Crippen LogP contribution is -2.39. The quantitative estimate of drug-likeness (QED) is 0.326. The fourth-order valence-electron chi connectivity index (χ4n) is 1.88. The van der Waals surface area contributed by atoms with Crippen molar-refractivity contribution in [3.05, 3.63) is 29.8 Å². The molecule has 1 aromatic carbocycles. The SMILES string of the molecule is CN=C(NCCCOC)N(C)Cc1ccc(OC)cc1.I. The first kappa shape index (κ1) is 20.0. The third-order valence-corrected chi connectivity index (χ3v) is 2.96. The molecule has 0 bridgehead atoms. The van der Waals surface area contributed by atoms with E-state index in [1.165, 1.54) is 5.56 Å². The van der Waals surface area contributed by atoms with Crippen molar-refractivity contribution in [1.29, 1.82) is 0 Å². The first-order chi connectivity index (χ1) is 9.71. The van der Waals surface area contributed by atoms with Gasteiger partial charge in [0.25, 0.3) is 0 Å². The molecule has 5 nitrogen and oxygen atoms in total. The molecule has 0 aromatic heterocycles. The highest BCUT2D eigenvalue weighted by Crippen LogP contribution is 2.12. The van der Waals surface area contributed by atoms with Crippen molar-refractivity contribution < 1.29 is 9.47 Å². The van der Waals surface area contributed by atoms with Crippen molar-refractivity contribution in [2.45, 2.75) is 13.0 Å². The van der Waals surface area contributed by atoms with Gasteiger partial charge < -0.3 is 19.7 Å². The largest absolute Gasteiger partial charge is 0.497 e. The molecule has 0 saturated heterocycles. The molecule has 6 heteroatoms. The van der Waals surface area contributed by atoms with Crippen LogP contribution in [0, 0.1) is 0 Å². The third kappa shape index (κ3) is 7.52. The van der Waals surface area contributed by atoms with Crippen LogP contribution in [0.2, 0.25) is 0 Å². The van der Waals surface area contributed by atoms with E-state index < -0.39 is 0 Å². The number of aliphatic imine (C=N–C) groups is 1. The average Bonchev–Trinajstić information content (AvgIpc) is 2.48. The molecule has 0 aliphatic carbocycles. The molecule has 0 aliphatic heterocycles. The smallest absolute Gasteiger partial charge is 0.193 e. The van der Waals surface area contributed by atoms with Crippen LogP contribution in [0.25, 0.3) is 0 Å². The molecule has 0 heterocycles. The highest BCUT2D eigenvalue weighted by molar-refractivity contribution is 14.0. The summed E-state index contributed by atoms with van der Waals surface area (Å²) < 4.78 is 10.2. The minimum absolute atomic E-state index is 0. The molecule has 0 saturated carbocycles. The molecular formula is C15H26IN3O2. The summed E-state index contributed by atoms with van der Waals surface area (Å²) in [6, 6.07) is 8.07. The summed E-state index contributed by atoms with van der Waals surface area (Å²) >= 11 is 0. The van der Waals surface area contributed by atoms with Crippen molar-refractivity contribution in [2.24, 2.45) is 4.99 Å². The van der Waals surface area contributed by atoms with Crippen LogP contribution in [-0.2, 0) is 11.3 Å². The summed E-state index contributed by atoms with van der Waals surface area (Å²) in [5.41, 5.74) is 1.22. The number of halogens is 1. The Morgan fingerprint density at radius 2 is 1.90 bits per heavy atom. The van der Waals surface area contributed by atoms with Crippen molar-refractivity contribution in [1.82, 2.24) is 10.2 Å². The Bertz CT molecular complexity index is 410. The molecular weight excluding hydrogens is 381 g/mol. The molecule has 0 unspecified atom stereocenters. The first-order valence-electron chi connectivity index (χ1n) is 6.75. The van der Waals surface area contributed by atoms with E-state index in [0.29, 0.717) is 0 Å². The molecule has 1 rings (SSSR count). The van der Waals surface area contributed by atoms with Gasteiger partial charge in [-0.2, -0.15) is 0 Å².